The Bertz CT molecular complexity index is 457. The molecular formula is C12H19N3O3S. The van der Waals surface area contributed by atoms with E-state index < -0.39 is 11.4 Å². The van der Waals surface area contributed by atoms with Crippen LogP contribution in [0.1, 0.15) is 38.8 Å². The lowest BCUT2D eigenvalue weighted by atomic mass is 9.90. The van der Waals surface area contributed by atoms with Crippen LogP contribution in [0.4, 0.5) is 5.13 Å². The summed E-state index contributed by atoms with van der Waals surface area (Å²) in [5.74, 6) is -1.19. The van der Waals surface area contributed by atoms with Crippen molar-refractivity contribution in [3.63, 3.8) is 0 Å². The quantitative estimate of drug-likeness (QED) is 0.629. The molecule has 106 valence electrons. The van der Waals surface area contributed by atoms with E-state index in [1.54, 1.807) is 19.2 Å². The van der Waals surface area contributed by atoms with Gasteiger partial charge in [-0.1, -0.05) is 0 Å². The number of nitrogens with one attached hydrogen (secondary N) is 1. The average Bonchev–Trinajstić information content (AvgIpc) is 2.77. The minimum absolute atomic E-state index is 0.292. The molecule has 7 heteroatoms. The van der Waals surface area contributed by atoms with Gasteiger partial charge in [-0.05, 0) is 26.7 Å². The maximum Gasteiger partial charge on any atom is 0.315 e. The summed E-state index contributed by atoms with van der Waals surface area (Å²) < 4.78 is 0. The monoisotopic (exact) mass is 285 g/mol. The first-order chi connectivity index (χ1) is 8.84. The number of unbranched alkanes of at least 4 members (excludes halogenated alkanes) is 1. The van der Waals surface area contributed by atoms with E-state index in [1.807, 2.05) is 0 Å². The molecule has 0 aliphatic rings. The van der Waals surface area contributed by atoms with Crippen LogP contribution in [0.15, 0.2) is 5.38 Å². The maximum atomic E-state index is 11.1. The first kappa shape index (κ1) is 15.4. The smallest absolute Gasteiger partial charge is 0.315 e. The lowest BCUT2D eigenvalue weighted by Crippen LogP contribution is -2.28. The van der Waals surface area contributed by atoms with Gasteiger partial charge in [0.1, 0.15) is 5.41 Å². The van der Waals surface area contributed by atoms with Crippen LogP contribution in [0, 0.1) is 0 Å². The van der Waals surface area contributed by atoms with E-state index in [0.29, 0.717) is 23.8 Å². The molecule has 0 saturated carbocycles. The highest BCUT2D eigenvalue weighted by molar-refractivity contribution is 7.13. The van der Waals surface area contributed by atoms with Crippen LogP contribution in [0.5, 0.6) is 0 Å². The van der Waals surface area contributed by atoms with Gasteiger partial charge in [-0.25, -0.2) is 4.98 Å². The topological polar surface area (TPSA) is 105 Å². The van der Waals surface area contributed by atoms with Gasteiger partial charge in [-0.3, -0.25) is 9.59 Å². The number of anilines is 1. The molecule has 0 bridgehead atoms. The van der Waals surface area contributed by atoms with Gasteiger partial charge in [0, 0.05) is 18.3 Å². The summed E-state index contributed by atoms with van der Waals surface area (Å²) in [6.07, 6.45) is 1.94. The third kappa shape index (κ3) is 4.51. The average molecular weight is 285 g/mol. The van der Waals surface area contributed by atoms with Crippen molar-refractivity contribution in [1.29, 1.82) is 0 Å². The van der Waals surface area contributed by atoms with E-state index >= 15 is 0 Å². The molecule has 0 aromatic carbocycles. The second-order valence-electron chi connectivity index (χ2n) is 4.82. The number of nitrogens with zero attached hydrogens (tertiary/aromatic N) is 1. The number of amides is 1. The van der Waals surface area contributed by atoms with Crippen LogP contribution in [0.25, 0.3) is 0 Å². The van der Waals surface area contributed by atoms with Crippen molar-refractivity contribution in [2.75, 3.05) is 11.9 Å². The highest BCUT2D eigenvalue weighted by atomic mass is 32.1. The van der Waals surface area contributed by atoms with Crippen molar-refractivity contribution in [3.8, 4) is 0 Å². The molecule has 0 saturated heterocycles. The number of carbonyl (C=O) groups excluding carboxylic acids is 1. The summed E-state index contributed by atoms with van der Waals surface area (Å²) in [4.78, 5) is 25.9. The summed E-state index contributed by atoms with van der Waals surface area (Å²) in [7, 11) is 0. The highest BCUT2D eigenvalue weighted by Crippen LogP contribution is 2.27. The van der Waals surface area contributed by atoms with Crippen molar-refractivity contribution >= 4 is 28.3 Å². The van der Waals surface area contributed by atoms with Crippen LogP contribution >= 0.6 is 11.3 Å². The standard InChI is InChI=1S/C12H19N3O3S/c1-12(2,10(17)18)8-7-19-11(15-8)14-6-4-3-5-9(13)16/h7H,3-6H2,1-2H3,(H2,13,16)(H,14,15)(H,17,18). The van der Waals surface area contributed by atoms with Crippen molar-refractivity contribution in [2.45, 2.75) is 38.5 Å². The van der Waals surface area contributed by atoms with E-state index in [2.05, 4.69) is 10.3 Å². The second kappa shape index (κ2) is 6.51. The summed E-state index contributed by atoms with van der Waals surface area (Å²) in [5, 5.41) is 14.7. The molecule has 0 radical (unpaired) electrons. The molecule has 4 N–H and O–H groups in total. The van der Waals surface area contributed by atoms with Crippen LogP contribution in [-0.2, 0) is 15.0 Å². The van der Waals surface area contributed by atoms with Crippen molar-refractivity contribution in [1.82, 2.24) is 4.98 Å². The zero-order valence-corrected chi connectivity index (χ0v) is 11.9. The van der Waals surface area contributed by atoms with Gasteiger partial charge in [0.2, 0.25) is 5.91 Å². The number of nitrogens with two attached hydrogens (primary N) is 1. The number of carboxylic acids is 1. The molecule has 1 heterocycles. The fourth-order valence-corrected chi connectivity index (χ4v) is 2.28. The van der Waals surface area contributed by atoms with Crippen LogP contribution in [0.2, 0.25) is 0 Å². The van der Waals surface area contributed by atoms with E-state index in [-0.39, 0.29) is 5.91 Å². The molecule has 0 unspecified atom stereocenters. The fourth-order valence-electron chi connectivity index (χ4n) is 1.37. The molecular weight excluding hydrogens is 266 g/mol. The molecule has 0 aliphatic heterocycles. The first-order valence-corrected chi connectivity index (χ1v) is 6.93. The summed E-state index contributed by atoms with van der Waals surface area (Å²) >= 11 is 1.38. The van der Waals surface area contributed by atoms with Gasteiger partial charge in [0.05, 0.1) is 5.69 Å². The Balaban J connectivity index is 2.43. The molecule has 1 aromatic rings. The lowest BCUT2D eigenvalue weighted by molar-refractivity contribution is -0.142. The zero-order chi connectivity index (χ0) is 14.5. The highest BCUT2D eigenvalue weighted by Gasteiger charge is 2.32. The van der Waals surface area contributed by atoms with Gasteiger partial charge in [-0.2, -0.15) is 0 Å². The molecule has 0 spiro atoms. The number of carbonyl (C=O) groups is 2. The van der Waals surface area contributed by atoms with E-state index in [4.69, 9.17) is 10.8 Å². The lowest BCUT2D eigenvalue weighted by Gasteiger charge is -2.15. The molecule has 0 aliphatic carbocycles. The Morgan fingerprint density at radius 3 is 2.74 bits per heavy atom. The van der Waals surface area contributed by atoms with Gasteiger partial charge in [0.25, 0.3) is 0 Å². The van der Waals surface area contributed by atoms with E-state index in [0.717, 1.165) is 12.8 Å². The number of aromatic nitrogens is 1. The summed E-state index contributed by atoms with van der Waals surface area (Å²) in [6.45, 7) is 3.94. The first-order valence-electron chi connectivity index (χ1n) is 6.05. The number of primary amides is 1. The van der Waals surface area contributed by atoms with Crippen molar-refractivity contribution < 1.29 is 14.7 Å². The predicted molar refractivity (Wildman–Crippen MR) is 74.3 cm³/mol. The molecule has 19 heavy (non-hydrogen) atoms. The third-order valence-corrected chi connectivity index (χ3v) is 3.61. The summed E-state index contributed by atoms with van der Waals surface area (Å²) in [6, 6.07) is 0. The molecule has 0 fully saturated rings. The van der Waals surface area contributed by atoms with E-state index in [1.165, 1.54) is 11.3 Å². The van der Waals surface area contributed by atoms with E-state index in [9.17, 15) is 9.59 Å². The molecule has 1 amide bonds. The molecule has 6 nitrogen and oxygen atoms in total. The zero-order valence-electron chi connectivity index (χ0n) is 11.1. The van der Waals surface area contributed by atoms with Gasteiger partial charge < -0.3 is 16.2 Å². The predicted octanol–water partition coefficient (Wildman–Crippen LogP) is 1.57. The minimum Gasteiger partial charge on any atom is -0.481 e. The minimum atomic E-state index is -0.984. The third-order valence-electron chi connectivity index (χ3n) is 2.81. The van der Waals surface area contributed by atoms with Crippen molar-refractivity contribution in [3.05, 3.63) is 11.1 Å². The Kier molecular flexibility index (Phi) is 5.29. The van der Waals surface area contributed by atoms with Crippen LogP contribution in [-0.4, -0.2) is 28.5 Å². The SMILES string of the molecule is CC(C)(C(=O)O)c1csc(NCCCCC(N)=O)n1. The number of rotatable bonds is 8. The fraction of sp³-hybridized carbons (Fsp3) is 0.583. The van der Waals surface area contributed by atoms with Crippen LogP contribution in [0.3, 0.4) is 0 Å². The number of carboxylic acid groups (broad SMARTS) is 1. The molecule has 1 aromatic heterocycles. The second-order valence-corrected chi connectivity index (χ2v) is 5.68. The van der Waals surface area contributed by atoms with Gasteiger partial charge in [0.15, 0.2) is 5.13 Å². The Morgan fingerprint density at radius 1 is 1.47 bits per heavy atom. The Morgan fingerprint density at radius 2 is 2.16 bits per heavy atom. The Labute approximate surface area is 116 Å². The summed E-state index contributed by atoms with van der Waals surface area (Å²) in [5.41, 5.74) is 4.60. The maximum absolute atomic E-state index is 11.1. The molecule has 0 atom stereocenters. The number of aliphatic carboxylic acids is 1. The number of hydrogen-bond acceptors (Lipinski definition) is 5. The normalized spacial score (nSPS) is 11.3. The van der Waals surface area contributed by atoms with Gasteiger partial charge in [-0.15, -0.1) is 11.3 Å². The Hall–Kier alpha value is -1.63. The van der Waals surface area contributed by atoms with Gasteiger partial charge >= 0.3 is 5.97 Å². The van der Waals surface area contributed by atoms with Crippen molar-refractivity contribution in [2.24, 2.45) is 5.73 Å². The van der Waals surface area contributed by atoms with Crippen LogP contribution < -0.4 is 11.1 Å². The molecule has 1 rings (SSSR count). The number of hydrogen-bond donors (Lipinski definition) is 3. The largest absolute Gasteiger partial charge is 0.481 e. The number of thiazole rings is 1.